The molecule has 1 heterocycles. The van der Waals surface area contributed by atoms with Gasteiger partial charge in [0.1, 0.15) is 0 Å². The van der Waals surface area contributed by atoms with Gasteiger partial charge in [-0.2, -0.15) is 0 Å². The van der Waals surface area contributed by atoms with E-state index in [0.29, 0.717) is 22.8 Å². The van der Waals surface area contributed by atoms with E-state index in [9.17, 15) is 4.79 Å². The first-order valence-corrected chi connectivity index (χ1v) is 7.99. The number of nitrogens with zero attached hydrogens (tertiary/aromatic N) is 1. The molecular weight excluding hydrogens is 286 g/mol. The van der Waals surface area contributed by atoms with Gasteiger partial charge in [-0.3, -0.25) is 4.79 Å². The Morgan fingerprint density at radius 2 is 2.14 bits per heavy atom. The lowest BCUT2D eigenvalue weighted by atomic mass is 9.99. The van der Waals surface area contributed by atoms with E-state index in [0.717, 1.165) is 18.9 Å². The van der Waals surface area contributed by atoms with Crippen LogP contribution in [0.1, 0.15) is 36.5 Å². The normalized spacial score (nSPS) is 16.9. The van der Waals surface area contributed by atoms with Gasteiger partial charge in [0.25, 0.3) is 5.91 Å². The summed E-state index contributed by atoms with van der Waals surface area (Å²) in [5, 5.41) is 3.46. The van der Waals surface area contributed by atoms with Gasteiger partial charge < -0.3 is 16.0 Å². The molecular formula is C16H24ClN3O. The van der Waals surface area contributed by atoms with Crippen molar-refractivity contribution < 1.29 is 4.79 Å². The van der Waals surface area contributed by atoms with Crippen LogP contribution >= 0.6 is 11.6 Å². The molecule has 116 valence electrons. The summed E-state index contributed by atoms with van der Waals surface area (Å²) in [6.45, 7) is 6.39. The predicted octanol–water partition coefficient (Wildman–Crippen LogP) is 2.77. The number of hydrogen-bond acceptors (Lipinski definition) is 3. The van der Waals surface area contributed by atoms with Crippen molar-refractivity contribution in [1.82, 2.24) is 10.2 Å². The number of nitrogen functional groups attached to an aromatic ring is 1. The van der Waals surface area contributed by atoms with Crippen LogP contribution in [0.15, 0.2) is 18.2 Å². The van der Waals surface area contributed by atoms with Gasteiger partial charge in [-0.25, -0.2) is 0 Å². The van der Waals surface area contributed by atoms with Crippen LogP contribution < -0.4 is 11.1 Å². The Labute approximate surface area is 131 Å². The number of anilines is 1. The van der Waals surface area contributed by atoms with Crippen LogP contribution in [0.25, 0.3) is 0 Å². The van der Waals surface area contributed by atoms with Crippen LogP contribution in [-0.4, -0.2) is 37.0 Å². The third kappa shape index (κ3) is 4.90. The Morgan fingerprint density at radius 3 is 2.81 bits per heavy atom. The summed E-state index contributed by atoms with van der Waals surface area (Å²) in [6, 6.07) is 4.95. The zero-order valence-electron chi connectivity index (χ0n) is 12.6. The zero-order valence-corrected chi connectivity index (χ0v) is 13.3. The molecule has 5 heteroatoms. The summed E-state index contributed by atoms with van der Waals surface area (Å²) < 4.78 is 0. The first-order valence-electron chi connectivity index (χ1n) is 7.62. The van der Waals surface area contributed by atoms with E-state index >= 15 is 0 Å². The van der Waals surface area contributed by atoms with E-state index in [1.165, 1.54) is 25.9 Å². The number of halogens is 1. The number of carbonyl (C=O) groups excluding carboxylic acids is 1. The lowest BCUT2D eigenvalue weighted by Crippen LogP contribution is -2.35. The number of piperidine rings is 1. The number of rotatable bonds is 5. The summed E-state index contributed by atoms with van der Waals surface area (Å²) in [6.07, 6.45) is 3.54. The van der Waals surface area contributed by atoms with Crippen molar-refractivity contribution >= 4 is 23.2 Å². The SMILES string of the molecule is CC1CCN(CCCNC(=O)c2ccc(Cl)cc2N)CC1. The molecule has 21 heavy (non-hydrogen) atoms. The van der Waals surface area contributed by atoms with Crippen LogP contribution in [-0.2, 0) is 0 Å². The average Bonchev–Trinajstić information content (AvgIpc) is 2.45. The highest BCUT2D eigenvalue weighted by Gasteiger charge is 2.15. The summed E-state index contributed by atoms with van der Waals surface area (Å²) in [5.74, 6) is 0.727. The molecule has 0 aromatic heterocycles. The van der Waals surface area contributed by atoms with Crippen molar-refractivity contribution in [2.45, 2.75) is 26.2 Å². The lowest BCUT2D eigenvalue weighted by Gasteiger charge is -2.30. The van der Waals surface area contributed by atoms with Crippen LogP contribution in [0, 0.1) is 5.92 Å². The quantitative estimate of drug-likeness (QED) is 0.649. The highest BCUT2D eigenvalue weighted by atomic mass is 35.5. The molecule has 1 fully saturated rings. The van der Waals surface area contributed by atoms with E-state index in [1.807, 2.05) is 0 Å². The molecule has 1 aromatic rings. The summed E-state index contributed by atoms with van der Waals surface area (Å²) in [5.41, 5.74) is 6.72. The Kier molecular flexibility index (Phi) is 5.88. The third-order valence-electron chi connectivity index (χ3n) is 4.07. The van der Waals surface area contributed by atoms with Gasteiger partial charge in [-0.15, -0.1) is 0 Å². The summed E-state index contributed by atoms with van der Waals surface area (Å²) in [4.78, 5) is 14.5. The molecule has 0 spiro atoms. The van der Waals surface area contributed by atoms with E-state index in [2.05, 4.69) is 17.1 Å². The summed E-state index contributed by atoms with van der Waals surface area (Å²) in [7, 11) is 0. The Morgan fingerprint density at radius 1 is 1.43 bits per heavy atom. The maximum Gasteiger partial charge on any atom is 0.253 e. The maximum atomic E-state index is 12.0. The van der Waals surface area contributed by atoms with Crippen LogP contribution in [0.2, 0.25) is 5.02 Å². The highest BCUT2D eigenvalue weighted by molar-refractivity contribution is 6.31. The van der Waals surface area contributed by atoms with Gasteiger partial charge in [0.15, 0.2) is 0 Å². The van der Waals surface area contributed by atoms with Crippen molar-refractivity contribution in [3.8, 4) is 0 Å². The van der Waals surface area contributed by atoms with E-state index in [4.69, 9.17) is 17.3 Å². The molecule has 0 radical (unpaired) electrons. The van der Waals surface area contributed by atoms with Crippen LogP contribution in [0.5, 0.6) is 0 Å². The predicted molar refractivity (Wildman–Crippen MR) is 87.7 cm³/mol. The van der Waals surface area contributed by atoms with Crippen LogP contribution in [0.4, 0.5) is 5.69 Å². The molecule has 0 atom stereocenters. The summed E-state index contributed by atoms with van der Waals surface area (Å²) >= 11 is 5.83. The molecule has 1 aliphatic heterocycles. The van der Waals surface area contributed by atoms with Gasteiger partial charge in [0, 0.05) is 17.3 Å². The monoisotopic (exact) mass is 309 g/mol. The Bertz CT molecular complexity index is 484. The molecule has 0 saturated carbocycles. The molecule has 0 bridgehead atoms. The number of carbonyl (C=O) groups is 1. The zero-order chi connectivity index (χ0) is 15.2. The smallest absolute Gasteiger partial charge is 0.253 e. The third-order valence-corrected chi connectivity index (χ3v) is 4.31. The van der Waals surface area contributed by atoms with E-state index in [-0.39, 0.29) is 5.91 Å². The highest BCUT2D eigenvalue weighted by Crippen LogP contribution is 2.18. The fourth-order valence-electron chi connectivity index (χ4n) is 2.63. The van der Waals surface area contributed by atoms with Gasteiger partial charge in [-0.1, -0.05) is 18.5 Å². The molecule has 0 unspecified atom stereocenters. The van der Waals surface area contributed by atoms with Crippen LogP contribution in [0.3, 0.4) is 0 Å². The Hall–Kier alpha value is -1.26. The lowest BCUT2D eigenvalue weighted by molar-refractivity contribution is 0.0951. The van der Waals surface area contributed by atoms with Crippen molar-refractivity contribution in [2.75, 3.05) is 31.9 Å². The van der Waals surface area contributed by atoms with Gasteiger partial charge in [-0.05, 0) is 63.0 Å². The van der Waals surface area contributed by atoms with Crippen molar-refractivity contribution in [1.29, 1.82) is 0 Å². The van der Waals surface area contributed by atoms with E-state index in [1.54, 1.807) is 18.2 Å². The minimum atomic E-state index is -0.128. The van der Waals surface area contributed by atoms with Gasteiger partial charge in [0.2, 0.25) is 0 Å². The minimum Gasteiger partial charge on any atom is -0.398 e. The molecule has 1 amide bonds. The first kappa shape index (κ1) is 16.1. The molecule has 2 rings (SSSR count). The molecule has 1 saturated heterocycles. The molecule has 4 nitrogen and oxygen atoms in total. The second-order valence-electron chi connectivity index (χ2n) is 5.87. The van der Waals surface area contributed by atoms with E-state index < -0.39 is 0 Å². The molecule has 1 aliphatic rings. The van der Waals surface area contributed by atoms with Crippen molar-refractivity contribution in [2.24, 2.45) is 5.92 Å². The Balaban J connectivity index is 1.69. The largest absolute Gasteiger partial charge is 0.398 e. The number of likely N-dealkylation sites (tertiary alicyclic amines) is 1. The average molecular weight is 310 g/mol. The first-order chi connectivity index (χ1) is 10.1. The molecule has 3 N–H and O–H groups in total. The number of benzene rings is 1. The number of nitrogens with one attached hydrogen (secondary N) is 1. The molecule has 0 aliphatic carbocycles. The van der Waals surface area contributed by atoms with Crippen molar-refractivity contribution in [3.63, 3.8) is 0 Å². The fraction of sp³-hybridized carbons (Fsp3) is 0.562. The van der Waals surface area contributed by atoms with Crippen molar-refractivity contribution in [3.05, 3.63) is 28.8 Å². The topological polar surface area (TPSA) is 58.4 Å². The fourth-order valence-corrected chi connectivity index (χ4v) is 2.81. The maximum absolute atomic E-state index is 12.0. The number of nitrogens with two attached hydrogens (primary N) is 1. The number of hydrogen-bond donors (Lipinski definition) is 2. The second kappa shape index (κ2) is 7.66. The minimum absolute atomic E-state index is 0.128. The molecule has 1 aromatic carbocycles. The second-order valence-corrected chi connectivity index (χ2v) is 6.30. The number of amides is 1. The van der Waals surface area contributed by atoms with Gasteiger partial charge >= 0.3 is 0 Å². The van der Waals surface area contributed by atoms with Gasteiger partial charge in [0.05, 0.1) is 5.56 Å². The standard InChI is InChI=1S/C16H24ClN3O/c1-12-5-9-20(10-6-12)8-2-7-19-16(21)14-4-3-13(17)11-15(14)18/h3-4,11-12H,2,5-10,18H2,1H3,(H,19,21).